The van der Waals surface area contributed by atoms with Gasteiger partial charge in [-0.25, -0.2) is 4.39 Å². The normalized spacial score (nSPS) is 16.2. The fourth-order valence-electron chi connectivity index (χ4n) is 3.08. The average Bonchev–Trinajstić information content (AvgIpc) is 3.09. The summed E-state index contributed by atoms with van der Waals surface area (Å²) in [6.07, 6.45) is 0.307. The Morgan fingerprint density at radius 3 is 2.78 bits per heavy atom. The summed E-state index contributed by atoms with van der Waals surface area (Å²) in [5.41, 5.74) is 2.36. The molecule has 0 radical (unpaired) electrons. The van der Waals surface area contributed by atoms with Gasteiger partial charge in [-0.15, -0.1) is 0 Å². The van der Waals surface area contributed by atoms with Gasteiger partial charge in [0.1, 0.15) is 5.82 Å². The van der Waals surface area contributed by atoms with Crippen molar-refractivity contribution in [3.05, 3.63) is 70.5 Å². The Labute approximate surface area is 163 Å². The van der Waals surface area contributed by atoms with E-state index >= 15 is 0 Å². The molecule has 0 spiro atoms. The second kappa shape index (κ2) is 8.53. The smallest absolute Gasteiger partial charge is 0.225 e. The molecule has 0 bridgehead atoms. The number of hydrogen-bond acceptors (Lipinski definition) is 3. The van der Waals surface area contributed by atoms with Crippen LogP contribution in [0.5, 0.6) is 0 Å². The predicted molar refractivity (Wildman–Crippen MR) is 104 cm³/mol. The van der Waals surface area contributed by atoms with Crippen molar-refractivity contribution in [3.8, 4) is 0 Å². The third-order valence-corrected chi connectivity index (χ3v) is 4.74. The zero-order valence-electron chi connectivity index (χ0n) is 15.4. The molecule has 142 valence electrons. The number of benzene rings is 2. The molecule has 4 nitrogen and oxygen atoms in total. The Balaban J connectivity index is 1.70. The minimum atomic E-state index is -0.314. The van der Waals surface area contributed by atoms with Gasteiger partial charge in [0.05, 0.1) is 12.3 Å². The molecule has 1 unspecified atom stereocenters. The summed E-state index contributed by atoms with van der Waals surface area (Å²) in [6.45, 7) is 4.41. The van der Waals surface area contributed by atoms with Gasteiger partial charge in [-0.2, -0.15) is 0 Å². The van der Waals surface area contributed by atoms with E-state index in [0.717, 1.165) is 16.8 Å². The van der Waals surface area contributed by atoms with E-state index in [1.54, 1.807) is 11.0 Å². The van der Waals surface area contributed by atoms with E-state index in [1.807, 2.05) is 44.2 Å². The standard InChI is InChI=1S/C21H22ClFN2O2/c1-14(2)21(26)25(12-15-6-5-7-16(23)10-15)13-17-11-20(24-27-17)18-8-3-4-9-19(18)22/h3-10,14,17H,11-13H2,1-2H3. The summed E-state index contributed by atoms with van der Waals surface area (Å²) in [4.78, 5) is 19.9. The number of rotatable bonds is 6. The largest absolute Gasteiger partial charge is 0.390 e. The van der Waals surface area contributed by atoms with Crippen LogP contribution in [0.1, 0.15) is 31.4 Å². The second-order valence-corrected chi connectivity index (χ2v) is 7.36. The summed E-state index contributed by atoms with van der Waals surface area (Å²) in [6, 6.07) is 13.8. The van der Waals surface area contributed by atoms with Gasteiger partial charge in [0.2, 0.25) is 5.91 Å². The molecule has 0 N–H and O–H groups in total. The molecule has 0 aromatic heterocycles. The highest BCUT2D eigenvalue weighted by Crippen LogP contribution is 2.24. The number of nitrogens with zero attached hydrogens (tertiary/aromatic N) is 2. The molecule has 0 saturated carbocycles. The molecule has 0 fully saturated rings. The summed E-state index contributed by atoms with van der Waals surface area (Å²) in [5, 5.41) is 4.78. The van der Waals surface area contributed by atoms with E-state index in [-0.39, 0.29) is 23.7 Å². The number of hydrogen-bond donors (Lipinski definition) is 0. The lowest BCUT2D eigenvalue weighted by Crippen LogP contribution is -2.39. The first kappa shape index (κ1) is 19.4. The zero-order chi connectivity index (χ0) is 19.4. The average molecular weight is 389 g/mol. The third-order valence-electron chi connectivity index (χ3n) is 4.41. The van der Waals surface area contributed by atoms with Crippen molar-refractivity contribution in [3.63, 3.8) is 0 Å². The van der Waals surface area contributed by atoms with Crippen molar-refractivity contribution < 1.29 is 14.0 Å². The maximum Gasteiger partial charge on any atom is 0.225 e. The van der Waals surface area contributed by atoms with Crippen molar-refractivity contribution in [2.45, 2.75) is 32.9 Å². The van der Waals surface area contributed by atoms with Crippen LogP contribution in [-0.2, 0) is 16.2 Å². The van der Waals surface area contributed by atoms with Crippen molar-refractivity contribution in [1.29, 1.82) is 0 Å². The van der Waals surface area contributed by atoms with Gasteiger partial charge < -0.3 is 9.74 Å². The molecule has 1 aliphatic heterocycles. The Morgan fingerprint density at radius 2 is 2.07 bits per heavy atom. The molecule has 1 atom stereocenters. The van der Waals surface area contributed by atoms with Crippen LogP contribution < -0.4 is 0 Å². The van der Waals surface area contributed by atoms with Crippen LogP contribution in [0.4, 0.5) is 4.39 Å². The van der Waals surface area contributed by atoms with Crippen LogP contribution in [0.2, 0.25) is 5.02 Å². The molecule has 2 aromatic rings. The SMILES string of the molecule is CC(C)C(=O)N(Cc1cccc(F)c1)CC1CC(c2ccccc2Cl)=NO1. The van der Waals surface area contributed by atoms with E-state index in [4.69, 9.17) is 16.4 Å². The van der Waals surface area contributed by atoms with Gasteiger partial charge in [-0.1, -0.05) is 60.9 Å². The number of oxime groups is 1. The minimum Gasteiger partial charge on any atom is -0.390 e. The number of amides is 1. The van der Waals surface area contributed by atoms with Crippen molar-refractivity contribution in [1.82, 2.24) is 4.90 Å². The quantitative estimate of drug-likeness (QED) is 0.722. The first-order chi connectivity index (χ1) is 12.9. The highest BCUT2D eigenvalue weighted by molar-refractivity contribution is 6.34. The van der Waals surface area contributed by atoms with Gasteiger partial charge in [-0.05, 0) is 23.8 Å². The van der Waals surface area contributed by atoms with E-state index in [0.29, 0.717) is 24.5 Å². The van der Waals surface area contributed by atoms with Gasteiger partial charge >= 0.3 is 0 Å². The lowest BCUT2D eigenvalue weighted by molar-refractivity contribution is -0.137. The number of carbonyl (C=O) groups is 1. The molecular weight excluding hydrogens is 367 g/mol. The molecule has 2 aromatic carbocycles. The topological polar surface area (TPSA) is 41.9 Å². The summed E-state index contributed by atoms with van der Waals surface area (Å²) < 4.78 is 13.5. The molecule has 6 heteroatoms. The Bertz CT molecular complexity index is 854. The molecule has 1 amide bonds. The highest BCUT2D eigenvalue weighted by atomic mass is 35.5. The van der Waals surface area contributed by atoms with E-state index in [9.17, 15) is 9.18 Å². The molecular formula is C21H22ClFN2O2. The Kier molecular flexibility index (Phi) is 6.11. The fourth-order valence-corrected chi connectivity index (χ4v) is 3.32. The van der Waals surface area contributed by atoms with Gasteiger partial charge in [0.15, 0.2) is 6.10 Å². The fraction of sp³-hybridized carbons (Fsp3) is 0.333. The van der Waals surface area contributed by atoms with Crippen LogP contribution in [0.25, 0.3) is 0 Å². The summed E-state index contributed by atoms with van der Waals surface area (Å²) in [7, 11) is 0. The van der Waals surface area contributed by atoms with Crippen LogP contribution in [0.15, 0.2) is 53.7 Å². The summed E-state index contributed by atoms with van der Waals surface area (Å²) >= 11 is 6.24. The lowest BCUT2D eigenvalue weighted by atomic mass is 10.0. The van der Waals surface area contributed by atoms with Gasteiger partial charge in [0.25, 0.3) is 0 Å². The zero-order valence-corrected chi connectivity index (χ0v) is 16.1. The van der Waals surface area contributed by atoms with Crippen LogP contribution in [0.3, 0.4) is 0 Å². The van der Waals surface area contributed by atoms with E-state index in [2.05, 4.69) is 5.16 Å². The maximum absolute atomic E-state index is 13.5. The predicted octanol–water partition coefficient (Wildman–Crippen LogP) is 4.66. The molecule has 0 saturated heterocycles. The minimum absolute atomic E-state index is 0.00550. The lowest BCUT2D eigenvalue weighted by Gasteiger charge is -2.26. The first-order valence-electron chi connectivity index (χ1n) is 8.95. The van der Waals surface area contributed by atoms with Crippen LogP contribution in [-0.4, -0.2) is 29.2 Å². The highest BCUT2D eigenvalue weighted by Gasteiger charge is 2.28. The van der Waals surface area contributed by atoms with E-state index < -0.39 is 0 Å². The molecule has 1 heterocycles. The molecule has 0 aliphatic carbocycles. The third kappa shape index (κ3) is 4.86. The van der Waals surface area contributed by atoms with E-state index in [1.165, 1.54) is 12.1 Å². The molecule has 1 aliphatic rings. The van der Waals surface area contributed by atoms with Crippen LogP contribution in [0, 0.1) is 11.7 Å². The first-order valence-corrected chi connectivity index (χ1v) is 9.32. The van der Waals surface area contributed by atoms with Crippen molar-refractivity contribution in [2.75, 3.05) is 6.54 Å². The summed E-state index contributed by atoms with van der Waals surface area (Å²) in [5.74, 6) is -0.483. The number of carbonyl (C=O) groups excluding carboxylic acids is 1. The van der Waals surface area contributed by atoms with Crippen molar-refractivity contribution >= 4 is 23.2 Å². The van der Waals surface area contributed by atoms with Gasteiger partial charge in [0, 0.05) is 29.5 Å². The van der Waals surface area contributed by atoms with Crippen molar-refractivity contribution in [2.24, 2.45) is 11.1 Å². The second-order valence-electron chi connectivity index (χ2n) is 6.95. The van der Waals surface area contributed by atoms with Crippen LogP contribution >= 0.6 is 11.6 Å². The van der Waals surface area contributed by atoms with Gasteiger partial charge in [-0.3, -0.25) is 4.79 Å². The number of halogens is 2. The Hall–Kier alpha value is -2.40. The molecule has 27 heavy (non-hydrogen) atoms. The maximum atomic E-state index is 13.5. The Morgan fingerprint density at radius 1 is 1.30 bits per heavy atom. The molecule has 3 rings (SSSR count). The monoisotopic (exact) mass is 388 g/mol.